The third kappa shape index (κ3) is 3.98. The minimum atomic E-state index is -0.108. The van der Waals surface area contributed by atoms with Crippen molar-refractivity contribution in [1.82, 2.24) is 0 Å². The fourth-order valence-corrected chi connectivity index (χ4v) is 3.59. The van der Waals surface area contributed by atoms with Crippen LogP contribution in [0.1, 0.15) is 42.5 Å². The second-order valence-corrected chi connectivity index (χ2v) is 6.56. The van der Waals surface area contributed by atoms with Gasteiger partial charge >= 0.3 is 0 Å². The first-order valence-electron chi connectivity index (χ1n) is 7.20. The van der Waals surface area contributed by atoms with Gasteiger partial charge in [-0.05, 0) is 30.9 Å². The molecule has 0 heterocycles. The topological polar surface area (TPSA) is 26.3 Å². The molecule has 0 aromatic heterocycles. The molecule has 1 atom stereocenters. The van der Waals surface area contributed by atoms with E-state index in [0.29, 0.717) is 29.7 Å². The average Bonchev–Trinajstić information content (AvgIpc) is 2.52. The van der Waals surface area contributed by atoms with Gasteiger partial charge in [0.1, 0.15) is 12.4 Å². The molecule has 1 saturated carbocycles. The smallest absolute Gasteiger partial charge is 0.180 e. The lowest BCUT2D eigenvalue weighted by atomic mass is 9.84. The number of hydrogen-bond donors (Lipinski definition) is 0. The van der Waals surface area contributed by atoms with E-state index < -0.39 is 0 Å². The Hall–Kier alpha value is -0.540. The Bertz CT molecular complexity index is 444. The van der Waals surface area contributed by atoms with Gasteiger partial charge in [-0.15, -0.1) is 11.6 Å². The highest BCUT2D eigenvalue weighted by Gasteiger charge is 2.29. The van der Waals surface area contributed by atoms with Crippen LogP contribution in [0.15, 0.2) is 24.3 Å². The van der Waals surface area contributed by atoms with Crippen LogP contribution < -0.4 is 4.74 Å². The van der Waals surface area contributed by atoms with E-state index in [1.807, 2.05) is 24.3 Å². The van der Waals surface area contributed by atoms with Gasteiger partial charge in [0, 0.05) is 0 Å². The van der Waals surface area contributed by atoms with Crippen LogP contribution in [0.4, 0.5) is 0 Å². The molecule has 0 aliphatic heterocycles. The van der Waals surface area contributed by atoms with Crippen LogP contribution in [0, 0.1) is 5.92 Å². The van der Waals surface area contributed by atoms with E-state index in [0.717, 1.165) is 12.8 Å². The molecule has 1 aliphatic carbocycles. The summed E-state index contributed by atoms with van der Waals surface area (Å²) in [5.74, 6) is 1.63. The number of para-hydroxylation sites is 1. The van der Waals surface area contributed by atoms with Crippen LogP contribution >= 0.6 is 27.5 Å². The maximum Gasteiger partial charge on any atom is 0.180 e. The first-order chi connectivity index (χ1) is 9.74. The minimum Gasteiger partial charge on any atom is -0.492 e. The van der Waals surface area contributed by atoms with Crippen molar-refractivity contribution >= 4 is 33.3 Å². The van der Waals surface area contributed by atoms with Gasteiger partial charge in [0.15, 0.2) is 5.78 Å². The van der Waals surface area contributed by atoms with Crippen molar-refractivity contribution in [2.45, 2.75) is 36.9 Å². The number of ether oxygens (including phenoxy) is 1. The first-order valence-corrected chi connectivity index (χ1v) is 8.65. The molecule has 1 aliphatic rings. The Morgan fingerprint density at radius 1 is 1.30 bits per heavy atom. The minimum absolute atomic E-state index is 0.108. The number of Topliss-reactive ketones (excluding diaryl/α,β-unsaturated/α-hetero) is 1. The highest BCUT2D eigenvalue weighted by molar-refractivity contribution is 9.10. The number of carbonyl (C=O) groups excluding carboxylic acids is 1. The lowest BCUT2D eigenvalue weighted by Gasteiger charge is -2.25. The standard InChI is InChI=1S/C16H20BrClO2/c17-15(12-6-2-1-3-7-12)16(19)13-8-4-5-9-14(13)20-11-10-18/h4-5,8-9,12,15H,1-3,6-7,10-11H2. The molecule has 0 radical (unpaired) electrons. The van der Waals surface area contributed by atoms with Gasteiger partial charge in [-0.25, -0.2) is 0 Å². The second kappa shape index (κ2) is 8.04. The highest BCUT2D eigenvalue weighted by Crippen LogP contribution is 2.33. The Morgan fingerprint density at radius 3 is 2.70 bits per heavy atom. The van der Waals surface area contributed by atoms with Crippen LogP contribution in [0.25, 0.3) is 0 Å². The van der Waals surface area contributed by atoms with Crippen molar-refractivity contribution in [3.63, 3.8) is 0 Å². The molecule has 2 nitrogen and oxygen atoms in total. The van der Waals surface area contributed by atoms with E-state index in [4.69, 9.17) is 16.3 Å². The molecule has 0 N–H and O–H groups in total. The molecule has 2 rings (SSSR count). The van der Waals surface area contributed by atoms with Gasteiger partial charge in [0.2, 0.25) is 0 Å². The number of hydrogen-bond acceptors (Lipinski definition) is 2. The Balaban J connectivity index is 2.11. The van der Waals surface area contributed by atoms with Gasteiger partial charge in [0.05, 0.1) is 16.3 Å². The second-order valence-electron chi connectivity index (χ2n) is 5.20. The molecule has 1 aromatic rings. The number of halogens is 2. The molecular weight excluding hydrogens is 340 g/mol. The molecule has 20 heavy (non-hydrogen) atoms. The molecule has 1 fully saturated rings. The number of rotatable bonds is 6. The zero-order valence-corrected chi connectivity index (χ0v) is 13.8. The van der Waals surface area contributed by atoms with Crippen molar-refractivity contribution in [3.8, 4) is 5.75 Å². The summed E-state index contributed by atoms with van der Waals surface area (Å²) in [5, 5.41) is 0. The van der Waals surface area contributed by atoms with E-state index in [2.05, 4.69) is 15.9 Å². The van der Waals surface area contributed by atoms with E-state index in [1.165, 1.54) is 19.3 Å². The number of benzene rings is 1. The fraction of sp³-hybridized carbons (Fsp3) is 0.562. The summed E-state index contributed by atoms with van der Waals surface area (Å²) in [6, 6.07) is 7.43. The lowest BCUT2D eigenvalue weighted by molar-refractivity contribution is 0.0959. The maximum absolute atomic E-state index is 12.7. The van der Waals surface area contributed by atoms with E-state index in [1.54, 1.807) is 0 Å². The Morgan fingerprint density at radius 2 is 2.00 bits per heavy atom. The number of ketones is 1. The van der Waals surface area contributed by atoms with Gasteiger partial charge in [-0.3, -0.25) is 4.79 Å². The quantitative estimate of drug-likeness (QED) is 0.537. The molecule has 1 aromatic carbocycles. The summed E-state index contributed by atoms with van der Waals surface area (Å²) < 4.78 is 5.57. The largest absolute Gasteiger partial charge is 0.492 e. The monoisotopic (exact) mass is 358 g/mol. The predicted octanol–water partition coefficient (Wildman–Crippen LogP) is 4.83. The molecule has 1 unspecified atom stereocenters. The predicted molar refractivity (Wildman–Crippen MR) is 86.3 cm³/mol. The molecule has 0 amide bonds. The molecule has 0 spiro atoms. The summed E-state index contributed by atoms with van der Waals surface area (Å²) >= 11 is 9.26. The van der Waals surface area contributed by atoms with E-state index in [9.17, 15) is 4.79 Å². The zero-order valence-electron chi connectivity index (χ0n) is 11.5. The molecule has 0 bridgehead atoms. The lowest BCUT2D eigenvalue weighted by Crippen LogP contribution is -2.26. The van der Waals surface area contributed by atoms with Crippen molar-refractivity contribution < 1.29 is 9.53 Å². The summed E-state index contributed by atoms with van der Waals surface area (Å²) in [5.41, 5.74) is 0.657. The van der Waals surface area contributed by atoms with Crippen molar-refractivity contribution in [2.24, 2.45) is 5.92 Å². The van der Waals surface area contributed by atoms with E-state index >= 15 is 0 Å². The normalized spacial score (nSPS) is 17.7. The van der Waals surface area contributed by atoms with Crippen LogP contribution in [0.3, 0.4) is 0 Å². The number of carbonyl (C=O) groups is 1. The molecule has 110 valence electrons. The summed E-state index contributed by atoms with van der Waals surface area (Å²) in [6.45, 7) is 0.419. The Kier molecular flexibility index (Phi) is 6.37. The van der Waals surface area contributed by atoms with Crippen LogP contribution in [-0.4, -0.2) is 23.1 Å². The first kappa shape index (κ1) is 15.8. The number of alkyl halides is 2. The molecule has 4 heteroatoms. The van der Waals surface area contributed by atoms with Gasteiger partial charge in [-0.1, -0.05) is 47.3 Å². The van der Waals surface area contributed by atoms with E-state index in [-0.39, 0.29) is 10.6 Å². The van der Waals surface area contributed by atoms with Gasteiger partial charge < -0.3 is 4.74 Å². The fourth-order valence-electron chi connectivity index (χ4n) is 2.73. The third-order valence-electron chi connectivity index (χ3n) is 3.80. The Labute approximate surface area is 134 Å². The van der Waals surface area contributed by atoms with Crippen molar-refractivity contribution in [1.29, 1.82) is 0 Å². The van der Waals surface area contributed by atoms with Gasteiger partial charge in [0.25, 0.3) is 0 Å². The SMILES string of the molecule is O=C(c1ccccc1OCCCl)C(Br)C1CCCCC1. The highest BCUT2D eigenvalue weighted by atomic mass is 79.9. The zero-order chi connectivity index (χ0) is 14.4. The molecular formula is C16H20BrClO2. The molecule has 0 saturated heterocycles. The van der Waals surface area contributed by atoms with Crippen LogP contribution in [-0.2, 0) is 0 Å². The van der Waals surface area contributed by atoms with Crippen molar-refractivity contribution in [2.75, 3.05) is 12.5 Å². The summed E-state index contributed by atoms with van der Waals surface area (Å²) in [6.07, 6.45) is 6.01. The van der Waals surface area contributed by atoms with Crippen LogP contribution in [0.5, 0.6) is 5.75 Å². The van der Waals surface area contributed by atoms with Gasteiger partial charge in [-0.2, -0.15) is 0 Å². The van der Waals surface area contributed by atoms with Crippen molar-refractivity contribution in [3.05, 3.63) is 29.8 Å². The van der Waals surface area contributed by atoms with Crippen LogP contribution in [0.2, 0.25) is 0 Å². The average molecular weight is 360 g/mol. The maximum atomic E-state index is 12.7. The third-order valence-corrected chi connectivity index (χ3v) is 5.12. The summed E-state index contributed by atoms with van der Waals surface area (Å²) in [4.78, 5) is 12.6. The summed E-state index contributed by atoms with van der Waals surface area (Å²) in [7, 11) is 0.